The van der Waals surface area contributed by atoms with Crippen LogP contribution < -0.4 is 0 Å². The average molecular weight is 969 g/mol. The van der Waals surface area contributed by atoms with Gasteiger partial charge in [-0.2, -0.15) is 0 Å². The number of cyclic esters (lactones) is 1. The summed E-state index contributed by atoms with van der Waals surface area (Å²) in [4.78, 5) is 67.3. The lowest BCUT2D eigenvalue weighted by molar-refractivity contribution is -0.344. The number of carbonyl (C=O) groups excluding carboxylic acids is 5. The number of allylic oxidation sites excluding steroid dienone is 2. The summed E-state index contributed by atoms with van der Waals surface area (Å²) >= 11 is 0. The maximum absolute atomic E-state index is 13.5. The van der Waals surface area contributed by atoms with Crippen LogP contribution in [0, 0.1) is 11.8 Å². The molecule has 0 aromatic rings. The molecule has 0 spiro atoms. The van der Waals surface area contributed by atoms with Crippen LogP contribution in [0.3, 0.4) is 0 Å². The molecule has 19 heteroatoms. The summed E-state index contributed by atoms with van der Waals surface area (Å²) < 4.78 is 68.3. The minimum Gasteiger partial charge on any atom is -0.462 e. The van der Waals surface area contributed by atoms with Crippen LogP contribution in [0.5, 0.6) is 0 Å². The van der Waals surface area contributed by atoms with Gasteiger partial charge in [-0.15, -0.1) is 0 Å². The predicted molar refractivity (Wildman–Crippen MR) is 246 cm³/mol. The molecular formula is C49H80N2O17. The minimum atomic E-state index is -1.42. The van der Waals surface area contributed by atoms with Crippen LogP contribution in [0.25, 0.3) is 0 Å². The van der Waals surface area contributed by atoms with Crippen LogP contribution in [0.2, 0.25) is 0 Å². The molecule has 1 N–H and O–H groups in total. The lowest BCUT2D eigenvalue weighted by atomic mass is 9.82. The van der Waals surface area contributed by atoms with E-state index in [9.17, 15) is 29.1 Å². The molecule has 68 heavy (non-hydrogen) atoms. The van der Waals surface area contributed by atoms with E-state index in [-0.39, 0.29) is 30.9 Å². The molecule has 0 aliphatic carbocycles. The summed E-state index contributed by atoms with van der Waals surface area (Å²) in [6.45, 7) is 14.6. The second kappa shape index (κ2) is 26.2. The zero-order chi connectivity index (χ0) is 50.6. The Labute approximate surface area is 402 Å². The maximum atomic E-state index is 13.5. The SMILES string of the molecule is COC1C(OC(C)=O)CC(=O)OC(C)CC=CC=CC(OC2CCC(N(C)C)C(C)O2)C(C)CC(CC=O)C1OC1OC(C)C(OC2CC(C)(OC(C)=O)C(OC(C)=O)C(C)O2)C(N(C)C)C1O. The summed E-state index contributed by atoms with van der Waals surface area (Å²) in [6.07, 6.45) is -2.26. The lowest BCUT2D eigenvalue weighted by Gasteiger charge is -2.50. The van der Waals surface area contributed by atoms with Crippen molar-refractivity contribution < 1.29 is 81.2 Å². The van der Waals surface area contributed by atoms with Crippen LogP contribution in [-0.4, -0.2) is 184 Å². The summed E-state index contributed by atoms with van der Waals surface area (Å²) in [5.74, 6) is -3.46. The second-order valence-electron chi connectivity index (χ2n) is 19.5. The van der Waals surface area contributed by atoms with Crippen molar-refractivity contribution in [3.63, 3.8) is 0 Å². The third kappa shape index (κ3) is 15.8. The van der Waals surface area contributed by atoms with Crippen molar-refractivity contribution in [1.82, 2.24) is 9.80 Å². The Morgan fingerprint density at radius 1 is 0.824 bits per heavy atom. The molecule has 4 rings (SSSR count). The fourth-order valence-electron chi connectivity index (χ4n) is 10.2. The molecule has 3 saturated heterocycles. The van der Waals surface area contributed by atoms with Crippen LogP contribution in [0.15, 0.2) is 24.3 Å². The van der Waals surface area contributed by atoms with Crippen LogP contribution in [-0.2, 0) is 76.1 Å². The van der Waals surface area contributed by atoms with Crippen molar-refractivity contribution in [3.05, 3.63) is 24.3 Å². The van der Waals surface area contributed by atoms with Gasteiger partial charge in [-0.25, -0.2) is 0 Å². The number of esters is 4. The van der Waals surface area contributed by atoms with Gasteiger partial charge >= 0.3 is 23.9 Å². The van der Waals surface area contributed by atoms with E-state index < -0.39 is 128 Å². The predicted octanol–water partition coefficient (Wildman–Crippen LogP) is 4.04. The van der Waals surface area contributed by atoms with Crippen molar-refractivity contribution in [3.8, 4) is 0 Å². The fourth-order valence-corrected chi connectivity index (χ4v) is 10.2. The zero-order valence-corrected chi connectivity index (χ0v) is 42.6. The van der Waals surface area contributed by atoms with Crippen molar-refractivity contribution in [2.45, 2.75) is 211 Å². The first-order chi connectivity index (χ1) is 32.0. The number of aliphatic hydroxyl groups excluding tert-OH is 1. The highest BCUT2D eigenvalue weighted by Gasteiger charge is 2.54. The molecule has 0 aromatic heterocycles. The number of carbonyl (C=O) groups is 5. The van der Waals surface area contributed by atoms with E-state index in [1.165, 1.54) is 27.9 Å². The van der Waals surface area contributed by atoms with Crippen molar-refractivity contribution in [2.75, 3.05) is 35.3 Å². The Hall–Kier alpha value is -3.37. The first-order valence-electron chi connectivity index (χ1n) is 23.9. The molecule has 0 saturated carbocycles. The van der Waals surface area contributed by atoms with Gasteiger partial charge in [-0.05, 0) is 93.9 Å². The number of likely N-dealkylation sites (N-methyl/N-ethyl adjacent to an activating group) is 2. The van der Waals surface area contributed by atoms with Gasteiger partial charge in [0.1, 0.15) is 36.8 Å². The van der Waals surface area contributed by atoms with E-state index >= 15 is 0 Å². The quantitative estimate of drug-likeness (QED) is 0.148. The van der Waals surface area contributed by atoms with Gasteiger partial charge < -0.3 is 71.8 Å². The number of nitrogens with zero attached hydrogens (tertiary/aromatic N) is 2. The van der Waals surface area contributed by atoms with E-state index in [1.807, 2.05) is 52.2 Å². The smallest absolute Gasteiger partial charge is 0.309 e. The zero-order valence-electron chi connectivity index (χ0n) is 42.6. The Bertz CT molecular complexity index is 1710. The highest BCUT2D eigenvalue weighted by molar-refractivity contribution is 5.72. The molecular weight excluding hydrogens is 889 g/mol. The van der Waals surface area contributed by atoms with Crippen LogP contribution in [0.1, 0.15) is 107 Å². The van der Waals surface area contributed by atoms with Gasteiger partial charge in [0, 0.05) is 53.2 Å². The van der Waals surface area contributed by atoms with E-state index in [0.29, 0.717) is 19.3 Å². The largest absolute Gasteiger partial charge is 0.462 e. The number of aliphatic hydroxyl groups is 1. The molecule has 19 nitrogen and oxygen atoms in total. The Balaban J connectivity index is 1.73. The number of methoxy groups -OCH3 is 1. The van der Waals surface area contributed by atoms with Crippen molar-refractivity contribution in [1.29, 1.82) is 0 Å². The average Bonchev–Trinajstić information content (AvgIpc) is 3.21. The van der Waals surface area contributed by atoms with Crippen molar-refractivity contribution >= 4 is 30.2 Å². The van der Waals surface area contributed by atoms with Crippen LogP contribution >= 0.6 is 0 Å². The van der Waals surface area contributed by atoms with Crippen LogP contribution in [0.4, 0.5) is 0 Å². The highest BCUT2D eigenvalue weighted by atomic mass is 16.7. The van der Waals surface area contributed by atoms with E-state index in [1.54, 1.807) is 46.7 Å². The molecule has 3 fully saturated rings. The number of ether oxygens (including phenoxy) is 11. The first kappa shape index (κ1) is 57.2. The second-order valence-corrected chi connectivity index (χ2v) is 19.5. The third-order valence-corrected chi connectivity index (χ3v) is 13.3. The standard InChI is InChI=1S/C49H80N2O17/c1-27-24-35(22-23-52)45(67-48-43(57)42(51(12)13)44(30(4)62-48)66-41-26-49(9,68-34(8)55)47(31(5)61-41)64-33(7)54)46(58-14)38(63-32(6)53)25-39(56)59-28(2)18-16-15-17-19-37(27)65-40-21-20-36(50(10)11)29(3)60-40/h15-17,19,23,27-31,35-38,40-48,57H,18,20-22,24-26H2,1-14H3. The third-order valence-electron chi connectivity index (χ3n) is 13.3. The molecule has 0 bridgehead atoms. The van der Waals surface area contributed by atoms with Gasteiger partial charge in [0.2, 0.25) is 0 Å². The molecule has 0 aromatic carbocycles. The molecule has 0 radical (unpaired) electrons. The maximum Gasteiger partial charge on any atom is 0.309 e. The Kier molecular flexibility index (Phi) is 22.0. The van der Waals surface area contributed by atoms with Gasteiger partial charge in [0.15, 0.2) is 30.6 Å². The number of hydrogen-bond donors (Lipinski definition) is 1. The Morgan fingerprint density at radius 2 is 1.50 bits per heavy atom. The molecule has 4 aliphatic heterocycles. The fraction of sp³-hybridized carbons (Fsp3) is 0.816. The molecule has 0 amide bonds. The van der Waals surface area contributed by atoms with Gasteiger partial charge in [0.25, 0.3) is 0 Å². The number of rotatable bonds is 14. The summed E-state index contributed by atoms with van der Waals surface area (Å²) in [7, 11) is 8.97. The summed E-state index contributed by atoms with van der Waals surface area (Å²) in [6, 6.07) is -0.584. The number of aldehydes is 1. The molecule has 19 atom stereocenters. The van der Waals surface area contributed by atoms with E-state index in [2.05, 4.69) is 4.90 Å². The van der Waals surface area contributed by atoms with Gasteiger partial charge in [-0.1, -0.05) is 31.2 Å². The van der Waals surface area contributed by atoms with Gasteiger partial charge in [-0.3, -0.25) is 19.2 Å². The summed E-state index contributed by atoms with van der Waals surface area (Å²) in [5.41, 5.74) is -1.32. The lowest BCUT2D eigenvalue weighted by Crippen LogP contribution is -2.66. The topological polar surface area (TPSA) is 214 Å². The summed E-state index contributed by atoms with van der Waals surface area (Å²) in [5, 5.41) is 12.3. The molecule has 388 valence electrons. The van der Waals surface area contributed by atoms with Crippen molar-refractivity contribution in [2.24, 2.45) is 11.8 Å². The minimum absolute atomic E-state index is 0.0190. The van der Waals surface area contributed by atoms with E-state index in [4.69, 9.17) is 52.1 Å². The van der Waals surface area contributed by atoms with Gasteiger partial charge in [0.05, 0.1) is 43.0 Å². The molecule has 4 heterocycles. The Morgan fingerprint density at radius 3 is 2.09 bits per heavy atom. The molecule has 19 unspecified atom stereocenters. The first-order valence-corrected chi connectivity index (χ1v) is 23.9. The monoisotopic (exact) mass is 969 g/mol. The normalized spacial score (nSPS) is 40.0. The van der Waals surface area contributed by atoms with E-state index in [0.717, 1.165) is 12.7 Å². The highest BCUT2D eigenvalue weighted by Crippen LogP contribution is 2.39. The number of hydrogen-bond acceptors (Lipinski definition) is 19. The molecule has 4 aliphatic rings.